The number of fused-ring (bicyclic) bond motifs is 1. The summed E-state index contributed by atoms with van der Waals surface area (Å²) in [7, 11) is 6.54. The Morgan fingerprint density at radius 2 is 1.88 bits per heavy atom. The SMILES string of the molecule is CCCCN(CCC[N+](C)(C)C)C(=O)CN1C[C@H](c2ccc3c(c2)CCO3)[C@@H](C(=O)O)[C@@H]1CC(C)(C)C=C(C)C. The van der Waals surface area contributed by atoms with Gasteiger partial charge in [0.2, 0.25) is 5.91 Å². The van der Waals surface area contributed by atoms with Crippen LogP contribution >= 0.6 is 0 Å². The van der Waals surface area contributed by atoms with Crippen molar-refractivity contribution in [2.45, 2.75) is 78.7 Å². The zero-order valence-corrected chi connectivity index (χ0v) is 26.3. The van der Waals surface area contributed by atoms with E-state index in [1.165, 1.54) is 5.57 Å². The first-order chi connectivity index (χ1) is 18.7. The number of nitrogens with zero attached hydrogens (tertiary/aromatic N) is 3. The third kappa shape index (κ3) is 8.81. The number of benzene rings is 1. The summed E-state index contributed by atoms with van der Waals surface area (Å²) in [6, 6.07) is 5.94. The van der Waals surface area contributed by atoms with Gasteiger partial charge in [0.1, 0.15) is 5.75 Å². The number of hydrogen-bond donors (Lipinski definition) is 1. The number of rotatable bonds is 14. The van der Waals surface area contributed by atoms with Gasteiger partial charge in [0.15, 0.2) is 0 Å². The summed E-state index contributed by atoms with van der Waals surface area (Å²) < 4.78 is 6.59. The van der Waals surface area contributed by atoms with Crippen molar-refractivity contribution in [3.05, 3.63) is 41.0 Å². The molecule has 1 saturated heterocycles. The number of carbonyl (C=O) groups excluding carboxylic acids is 1. The number of unbranched alkanes of at least 4 members (excludes halogenated alkanes) is 1. The predicted molar refractivity (Wildman–Crippen MR) is 162 cm³/mol. The van der Waals surface area contributed by atoms with Gasteiger partial charge >= 0.3 is 5.97 Å². The second-order valence-corrected chi connectivity index (χ2v) is 13.9. The minimum absolute atomic E-state index is 0.118. The van der Waals surface area contributed by atoms with Crippen molar-refractivity contribution in [3.8, 4) is 5.75 Å². The van der Waals surface area contributed by atoms with Crippen LogP contribution in [0.25, 0.3) is 0 Å². The largest absolute Gasteiger partial charge is 0.493 e. The van der Waals surface area contributed by atoms with Gasteiger partial charge in [-0.2, -0.15) is 0 Å². The Morgan fingerprint density at radius 3 is 2.50 bits per heavy atom. The summed E-state index contributed by atoms with van der Waals surface area (Å²) in [5, 5.41) is 10.6. The van der Waals surface area contributed by atoms with E-state index in [-0.39, 0.29) is 29.8 Å². The van der Waals surface area contributed by atoms with E-state index < -0.39 is 11.9 Å². The van der Waals surface area contributed by atoms with E-state index in [1.54, 1.807) is 0 Å². The minimum Gasteiger partial charge on any atom is -0.493 e. The normalized spacial score (nSPS) is 21.1. The molecule has 7 nitrogen and oxygen atoms in total. The summed E-state index contributed by atoms with van der Waals surface area (Å²) in [5.74, 6) is -0.513. The fourth-order valence-electron chi connectivity index (χ4n) is 6.62. The molecule has 3 atom stereocenters. The molecule has 0 bridgehead atoms. The molecule has 3 rings (SSSR count). The highest BCUT2D eigenvalue weighted by Gasteiger charge is 2.48. The molecule has 0 aliphatic carbocycles. The smallest absolute Gasteiger partial charge is 0.308 e. The zero-order chi connectivity index (χ0) is 29.7. The minimum atomic E-state index is -0.777. The van der Waals surface area contributed by atoms with Crippen LogP contribution in [0.4, 0.5) is 0 Å². The molecule has 0 saturated carbocycles. The summed E-state index contributed by atoms with van der Waals surface area (Å²) >= 11 is 0. The average Bonchev–Trinajstić information content (AvgIpc) is 3.43. The third-order valence-corrected chi connectivity index (χ3v) is 8.32. The Kier molecular flexibility index (Phi) is 10.9. The summed E-state index contributed by atoms with van der Waals surface area (Å²) in [4.78, 5) is 31.0. The first-order valence-corrected chi connectivity index (χ1v) is 15.2. The molecule has 40 heavy (non-hydrogen) atoms. The van der Waals surface area contributed by atoms with Gasteiger partial charge in [0, 0.05) is 44.4 Å². The molecule has 2 aliphatic rings. The summed E-state index contributed by atoms with van der Waals surface area (Å²) in [6.45, 7) is 14.7. The molecule has 0 radical (unpaired) electrons. The van der Waals surface area contributed by atoms with Crippen LogP contribution in [0.15, 0.2) is 29.8 Å². The molecule has 2 heterocycles. The van der Waals surface area contributed by atoms with Crippen molar-refractivity contribution in [3.63, 3.8) is 0 Å². The van der Waals surface area contributed by atoms with Crippen LogP contribution in [0, 0.1) is 11.3 Å². The van der Waals surface area contributed by atoms with Crippen molar-refractivity contribution in [2.24, 2.45) is 11.3 Å². The van der Waals surface area contributed by atoms with E-state index >= 15 is 0 Å². The van der Waals surface area contributed by atoms with Gasteiger partial charge in [-0.3, -0.25) is 14.5 Å². The van der Waals surface area contributed by atoms with Gasteiger partial charge < -0.3 is 19.2 Å². The van der Waals surface area contributed by atoms with Crippen LogP contribution < -0.4 is 4.74 Å². The average molecular weight is 557 g/mol. The Morgan fingerprint density at radius 1 is 1.18 bits per heavy atom. The van der Waals surface area contributed by atoms with Gasteiger partial charge in [0.05, 0.1) is 46.8 Å². The lowest BCUT2D eigenvalue weighted by Crippen LogP contribution is -2.46. The van der Waals surface area contributed by atoms with Crippen molar-refractivity contribution < 1.29 is 23.9 Å². The molecule has 0 spiro atoms. The van der Waals surface area contributed by atoms with Crippen LogP contribution in [0.3, 0.4) is 0 Å². The number of likely N-dealkylation sites (tertiary alicyclic amines) is 1. The number of carboxylic acid groups (broad SMARTS) is 1. The third-order valence-electron chi connectivity index (χ3n) is 8.32. The number of carboxylic acids is 1. The highest BCUT2D eigenvalue weighted by Crippen LogP contribution is 2.44. The van der Waals surface area contributed by atoms with Crippen LogP contribution in [0.5, 0.6) is 5.75 Å². The number of quaternary nitrogens is 1. The molecular weight excluding hydrogens is 502 g/mol. The fourth-order valence-corrected chi connectivity index (χ4v) is 6.62. The quantitative estimate of drug-likeness (QED) is 0.252. The van der Waals surface area contributed by atoms with Gasteiger partial charge in [-0.15, -0.1) is 0 Å². The molecule has 1 aromatic rings. The molecule has 1 amide bonds. The Bertz CT molecular complexity index is 1050. The molecule has 2 aliphatic heterocycles. The molecule has 224 valence electrons. The topological polar surface area (TPSA) is 70.1 Å². The first kappa shape index (κ1) is 32.1. The lowest BCUT2D eigenvalue weighted by Gasteiger charge is -2.34. The van der Waals surface area contributed by atoms with Gasteiger partial charge in [-0.05, 0) is 49.3 Å². The Labute approximate surface area is 242 Å². The second kappa shape index (κ2) is 13.5. The zero-order valence-electron chi connectivity index (χ0n) is 26.3. The van der Waals surface area contributed by atoms with E-state index in [4.69, 9.17) is 4.74 Å². The van der Waals surface area contributed by atoms with E-state index in [2.05, 4.69) is 72.8 Å². The molecule has 1 fully saturated rings. The maximum absolute atomic E-state index is 13.8. The molecule has 1 aromatic carbocycles. The van der Waals surface area contributed by atoms with Crippen molar-refractivity contribution in [1.82, 2.24) is 9.80 Å². The fraction of sp³-hybridized carbons (Fsp3) is 0.697. The van der Waals surface area contributed by atoms with E-state index in [0.29, 0.717) is 19.6 Å². The maximum Gasteiger partial charge on any atom is 0.308 e. The van der Waals surface area contributed by atoms with Crippen LogP contribution in [0.2, 0.25) is 0 Å². The highest BCUT2D eigenvalue weighted by atomic mass is 16.5. The summed E-state index contributed by atoms with van der Waals surface area (Å²) in [6.07, 6.45) is 6.74. The number of hydrogen-bond acceptors (Lipinski definition) is 4. The van der Waals surface area contributed by atoms with Gasteiger partial charge in [0.25, 0.3) is 0 Å². The van der Waals surface area contributed by atoms with Crippen molar-refractivity contribution in [2.75, 3.05) is 60.5 Å². The molecule has 7 heteroatoms. The number of carbonyl (C=O) groups is 2. The lowest BCUT2D eigenvalue weighted by atomic mass is 9.77. The van der Waals surface area contributed by atoms with Crippen LogP contribution in [0.1, 0.15) is 77.3 Å². The molecule has 0 unspecified atom stereocenters. The molecule has 1 N–H and O–H groups in total. The predicted octanol–water partition coefficient (Wildman–Crippen LogP) is 5.20. The number of ether oxygens (including phenoxy) is 1. The maximum atomic E-state index is 13.8. The van der Waals surface area contributed by atoms with Gasteiger partial charge in [-0.25, -0.2) is 0 Å². The second-order valence-electron chi connectivity index (χ2n) is 13.9. The summed E-state index contributed by atoms with van der Waals surface area (Å²) in [5.41, 5.74) is 3.23. The first-order valence-electron chi connectivity index (χ1n) is 15.2. The van der Waals surface area contributed by atoms with Crippen LogP contribution in [-0.4, -0.2) is 97.8 Å². The van der Waals surface area contributed by atoms with Gasteiger partial charge in [-0.1, -0.05) is 51.0 Å². The van der Waals surface area contributed by atoms with Crippen molar-refractivity contribution >= 4 is 11.9 Å². The molecular formula is C33H54N3O4+. The van der Waals surface area contributed by atoms with E-state index in [0.717, 1.165) is 66.7 Å². The number of allylic oxidation sites excluding steroid dienone is 2. The van der Waals surface area contributed by atoms with Crippen LogP contribution in [-0.2, 0) is 16.0 Å². The monoisotopic (exact) mass is 556 g/mol. The number of amides is 1. The van der Waals surface area contributed by atoms with Crippen molar-refractivity contribution in [1.29, 1.82) is 0 Å². The lowest BCUT2D eigenvalue weighted by molar-refractivity contribution is -0.870. The highest BCUT2D eigenvalue weighted by molar-refractivity contribution is 5.79. The standard InChI is InChI=1S/C33H53N3O4/c1-9-10-15-34(16-11-17-36(6,7)8)30(37)23-35-22-27(25-12-13-29-26(19-25)14-18-40-29)31(32(38)39)28(35)21-33(4,5)20-24(2)3/h12-13,19-20,27-28,31H,9-11,14-18,21-23H2,1-8H3/p+1/t27-,28+,31-/m1/s1. The Hall–Kier alpha value is -2.38. The Balaban J connectivity index is 1.90. The van der Waals surface area contributed by atoms with E-state index in [1.807, 2.05) is 17.0 Å². The van der Waals surface area contributed by atoms with E-state index in [9.17, 15) is 14.7 Å². The number of aliphatic carboxylic acids is 1. The molecule has 0 aromatic heterocycles.